The summed E-state index contributed by atoms with van der Waals surface area (Å²) in [6.07, 6.45) is 3.30. The first-order chi connectivity index (χ1) is 19.2. The highest BCUT2D eigenvalue weighted by atomic mass is 32.2. The summed E-state index contributed by atoms with van der Waals surface area (Å²) in [5.74, 6) is -0.454. The first kappa shape index (κ1) is 30.0. The molecule has 2 unspecified atom stereocenters. The molecule has 2 aliphatic rings. The molecule has 10 nitrogen and oxygen atoms in total. The number of nitrogens with zero attached hydrogens (tertiary/aromatic N) is 2. The van der Waals surface area contributed by atoms with E-state index in [0.717, 1.165) is 31.2 Å². The third-order valence-electron chi connectivity index (χ3n) is 7.74. The fourth-order valence-electron chi connectivity index (χ4n) is 5.58. The summed E-state index contributed by atoms with van der Waals surface area (Å²) in [6, 6.07) is 14.3. The van der Waals surface area contributed by atoms with E-state index in [1.54, 1.807) is 12.1 Å². The van der Waals surface area contributed by atoms with Gasteiger partial charge in [0.05, 0.1) is 25.2 Å². The number of benzene rings is 2. The maximum atomic E-state index is 13.7. The highest BCUT2D eigenvalue weighted by Gasteiger charge is 2.41. The molecule has 11 heteroatoms. The lowest BCUT2D eigenvalue weighted by Crippen LogP contribution is -2.65. The number of nitrogens with one attached hydrogen (secondary N) is 1. The Kier molecular flexibility index (Phi) is 10.2. The molecule has 1 heterocycles. The van der Waals surface area contributed by atoms with Crippen LogP contribution in [0.5, 0.6) is 5.75 Å². The van der Waals surface area contributed by atoms with Gasteiger partial charge in [0.1, 0.15) is 5.75 Å². The van der Waals surface area contributed by atoms with Gasteiger partial charge in [-0.15, -0.1) is 0 Å². The Morgan fingerprint density at radius 2 is 1.77 bits per heavy atom. The van der Waals surface area contributed by atoms with Crippen molar-refractivity contribution in [3.05, 3.63) is 60.2 Å². The number of sulfonamides is 1. The molecule has 2 aromatic rings. The molecule has 0 spiro atoms. The van der Waals surface area contributed by atoms with Crippen molar-refractivity contribution in [2.75, 3.05) is 40.4 Å². The highest BCUT2D eigenvalue weighted by molar-refractivity contribution is 7.89. The molecule has 4 rings (SSSR count). The lowest BCUT2D eigenvalue weighted by atomic mass is 9.99. The summed E-state index contributed by atoms with van der Waals surface area (Å²) < 4.78 is 38.8. The van der Waals surface area contributed by atoms with E-state index < -0.39 is 34.0 Å². The largest absolute Gasteiger partial charge is 0.497 e. The summed E-state index contributed by atoms with van der Waals surface area (Å²) in [5, 5.41) is 14.2. The third kappa shape index (κ3) is 7.20. The van der Waals surface area contributed by atoms with Gasteiger partial charge in [0.2, 0.25) is 10.0 Å². The SMILES string of the molecule is COC(=O)C1NC[C@H](Cc2ccccc2)N(CC(O)CN(CC2CCCC2)S(=O)(=O)c2ccc(OC)cc2)C1=O. The number of ether oxygens (including phenoxy) is 2. The van der Waals surface area contributed by atoms with Gasteiger partial charge in [-0.25, -0.2) is 13.2 Å². The Bertz CT molecular complexity index is 1230. The van der Waals surface area contributed by atoms with Crippen LogP contribution in [0.2, 0.25) is 0 Å². The van der Waals surface area contributed by atoms with Gasteiger partial charge < -0.3 is 19.5 Å². The second kappa shape index (κ2) is 13.6. The molecule has 0 aromatic heterocycles. The summed E-state index contributed by atoms with van der Waals surface area (Å²) in [5.41, 5.74) is 1.00. The lowest BCUT2D eigenvalue weighted by Gasteiger charge is -2.40. The molecule has 1 aliphatic heterocycles. The van der Waals surface area contributed by atoms with Crippen LogP contribution in [0.15, 0.2) is 59.5 Å². The minimum atomic E-state index is -3.93. The molecule has 0 radical (unpaired) electrons. The zero-order chi connectivity index (χ0) is 28.7. The van der Waals surface area contributed by atoms with Gasteiger partial charge in [0.25, 0.3) is 5.91 Å². The normalized spacial score (nSPS) is 21.0. The maximum Gasteiger partial charge on any atom is 0.332 e. The van der Waals surface area contributed by atoms with E-state index in [-0.39, 0.29) is 29.9 Å². The van der Waals surface area contributed by atoms with Crippen molar-refractivity contribution in [3.8, 4) is 5.75 Å². The molecule has 2 aromatic carbocycles. The predicted molar refractivity (Wildman–Crippen MR) is 149 cm³/mol. The van der Waals surface area contributed by atoms with Gasteiger partial charge >= 0.3 is 5.97 Å². The maximum absolute atomic E-state index is 13.7. The van der Waals surface area contributed by atoms with Crippen molar-refractivity contribution in [1.82, 2.24) is 14.5 Å². The van der Waals surface area contributed by atoms with E-state index in [1.165, 1.54) is 35.6 Å². The van der Waals surface area contributed by atoms with Gasteiger partial charge in [0.15, 0.2) is 6.04 Å². The van der Waals surface area contributed by atoms with Crippen molar-refractivity contribution < 1.29 is 32.6 Å². The smallest absolute Gasteiger partial charge is 0.332 e. The van der Waals surface area contributed by atoms with Gasteiger partial charge in [0, 0.05) is 32.2 Å². The molecule has 1 aliphatic carbocycles. The first-order valence-corrected chi connectivity index (χ1v) is 15.1. The predicted octanol–water partition coefficient (Wildman–Crippen LogP) is 1.82. The van der Waals surface area contributed by atoms with Crippen molar-refractivity contribution in [3.63, 3.8) is 0 Å². The molecule has 2 N–H and O–H groups in total. The molecule has 1 saturated heterocycles. The monoisotopic (exact) mass is 573 g/mol. The Hall–Kier alpha value is -2.99. The Labute approximate surface area is 236 Å². The molecule has 218 valence electrons. The standard InChI is InChI=1S/C29H39N3O7S/c1-38-25-12-14-26(15-13-25)40(36,37)31(18-22-10-6-7-11-22)19-24(33)20-32-23(16-21-8-4-3-5-9-21)17-30-27(28(32)34)29(35)39-2/h3-5,8-9,12-15,22-24,27,30,33H,6-7,10-11,16-20H2,1-2H3/t23-,24?,27?/m0/s1. The van der Waals surface area contributed by atoms with Crippen LogP contribution in [0.4, 0.5) is 0 Å². The number of piperazine rings is 1. The molecular weight excluding hydrogens is 534 g/mol. The van der Waals surface area contributed by atoms with Crippen LogP contribution in [0.1, 0.15) is 31.2 Å². The van der Waals surface area contributed by atoms with Crippen LogP contribution in [-0.2, 0) is 30.8 Å². The van der Waals surface area contributed by atoms with Crippen LogP contribution in [0, 0.1) is 5.92 Å². The summed E-state index contributed by atoms with van der Waals surface area (Å²) in [7, 11) is -1.19. The van der Waals surface area contributed by atoms with Gasteiger partial charge in [-0.2, -0.15) is 4.31 Å². The van der Waals surface area contributed by atoms with Crippen molar-refractivity contribution in [2.24, 2.45) is 5.92 Å². The number of esters is 1. The Morgan fingerprint density at radius 1 is 1.10 bits per heavy atom. The quantitative estimate of drug-likeness (QED) is 0.291. The zero-order valence-corrected chi connectivity index (χ0v) is 23.9. The molecule has 1 amide bonds. The summed E-state index contributed by atoms with van der Waals surface area (Å²) in [6.45, 7) is 0.316. The number of rotatable bonds is 12. The summed E-state index contributed by atoms with van der Waals surface area (Å²) >= 11 is 0. The van der Waals surface area contributed by atoms with E-state index in [4.69, 9.17) is 9.47 Å². The molecule has 2 fully saturated rings. The fraction of sp³-hybridized carbons (Fsp3) is 0.517. The first-order valence-electron chi connectivity index (χ1n) is 13.7. The molecule has 3 atom stereocenters. The van der Waals surface area contributed by atoms with Crippen molar-refractivity contribution in [2.45, 2.75) is 55.2 Å². The Morgan fingerprint density at radius 3 is 2.40 bits per heavy atom. The van der Waals surface area contributed by atoms with Gasteiger partial charge in [-0.1, -0.05) is 43.2 Å². The number of carbonyl (C=O) groups is 2. The van der Waals surface area contributed by atoms with Crippen LogP contribution in [-0.4, -0.2) is 93.2 Å². The molecule has 1 saturated carbocycles. The number of hydrogen-bond donors (Lipinski definition) is 2. The van der Waals surface area contributed by atoms with Crippen molar-refractivity contribution >= 4 is 21.9 Å². The number of hydrogen-bond acceptors (Lipinski definition) is 8. The fourth-order valence-corrected chi connectivity index (χ4v) is 7.13. The van der Waals surface area contributed by atoms with Crippen LogP contribution >= 0.6 is 0 Å². The number of carbonyl (C=O) groups excluding carboxylic acids is 2. The number of aliphatic hydroxyl groups excluding tert-OH is 1. The number of β-amino-alcohol motifs (C(OH)–C–C–N with tert-alkyl or cyclic N) is 1. The van der Waals surface area contributed by atoms with Crippen LogP contribution in [0.25, 0.3) is 0 Å². The lowest BCUT2D eigenvalue weighted by molar-refractivity contribution is -0.154. The second-order valence-electron chi connectivity index (χ2n) is 10.5. The zero-order valence-electron chi connectivity index (χ0n) is 23.1. The third-order valence-corrected chi connectivity index (χ3v) is 9.58. The van der Waals surface area contributed by atoms with E-state index in [9.17, 15) is 23.1 Å². The van der Waals surface area contributed by atoms with Gasteiger partial charge in [-0.05, 0) is 55.0 Å². The molecular formula is C29H39N3O7S. The van der Waals surface area contributed by atoms with Crippen LogP contribution < -0.4 is 10.1 Å². The van der Waals surface area contributed by atoms with E-state index >= 15 is 0 Å². The average molecular weight is 574 g/mol. The van der Waals surface area contributed by atoms with E-state index in [1.807, 2.05) is 30.3 Å². The number of aliphatic hydroxyl groups is 1. The van der Waals surface area contributed by atoms with E-state index in [0.29, 0.717) is 25.3 Å². The van der Waals surface area contributed by atoms with E-state index in [2.05, 4.69) is 5.32 Å². The average Bonchev–Trinajstić information content (AvgIpc) is 3.48. The highest BCUT2D eigenvalue weighted by Crippen LogP contribution is 2.29. The molecule has 40 heavy (non-hydrogen) atoms. The Balaban J connectivity index is 1.55. The van der Waals surface area contributed by atoms with Crippen molar-refractivity contribution in [1.29, 1.82) is 0 Å². The number of methoxy groups -OCH3 is 2. The molecule has 0 bridgehead atoms. The topological polar surface area (TPSA) is 125 Å². The number of amides is 1. The summed E-state index contributed by atoms with van der Waals surface area (Å²) in [4.78, 5) is 27.3. The second-order valence-corrected chi connectivity index (χ2v) is 12.4. The minimum absolute atomic E-state index is 0.115. The minimum Gasteiger partial charge on any atom is -0.497 e. The van der Waals surface area contributed by atoms with Gasteiger partial charge in [-0.3, -0.25) is 10.1 Å². The van der Waals surface area contributed by atoms with Crippen LogP contribution in [0.3, 0.4) is 0 Å².